The minimum absolute atomic E-state index is 0.289. The molecular weight excluding hydrogens is 296 g/mol. The van der Waals surface area contributed by atoms with Gasteiger partial charge in [-0.25, -0.2) is 4.79 Å². The molecule has 0 N–H and O–H groups in total. The van der Waals surface area contributed by atoms with E-state index in [-0.39, 0.29) is 5.56 Å². The molecule has 1 heterocycles. The topological polar surface area (TPSA) is 54.0 Å². The Bertz CT molecular complexity index is 721. The zero-order chi connectivity index (χ0) is 16.2. The highest BCUT2D eigenvalue weighted by molar-refractivity contribution is 5.95. The Morgan fingerprint density at radius 2 is 2.00 bits per heavy atom. The zero-order valence-electron chi connectivity index (χ0n) is 12.7. The average Bonchev–Trinajstić information content (AvgIpc) is 2.98. The summed E-state index contributed by atoms with van der Waals surface area (Å²) in [5, 5.41) is 0. The number of hydrogen-bond acceptors (Lipinski definition) is 5. The van der Waals surface area contributed by atoms with E-state index in [1.807, 2.05) is 19.1 Å². The fraction of sp³-hybridized carbons (Fsp3) is 0.167. The summed E-state index contributed by atoms with van der Waals surface area (Å²) in [7, 11) is 0. The molecule has 0 saturated carbocycles. The molecule has 0 radical (unpaired) electrons. The maximum absolute atomic E-state index is 12.4. The van der Waals surface area contributed by atoms with E-state index in [0.717, 1.165) is 5.56 Å². The van der Waals surface area contributed by atoms with Crippen molar-refractivity contribution >= 4 is 12.0 Å². The van der Waals surface area contributed by atoms with Gasteiger partial charge in [-0.3, -0.25) is 0 Å². The molecular formula is C18H16O5. The molecule has 0 aliphatic carbocycles. The highest BCUT2D eigenvalue weighted by Crippen LogP contribution is 2.38. The number of fused-ring (bicyclic) bond motifs is 1. The summed E-state index contributed by atoms with van der Waals surface area (Å²) in [5.74, 6) is 0.714. The Morgan fingerprint density at radius 3 is 2.70 bits per heavy atom. The second-order valence-electron chi connectivity index (χ2n) is 4.78. The van der Waals surface area contributed by atoms with Crippen molar-refractivity contribution in [3.8, 4) is 17.2 Å². The lowest BCUT2D eigenvalue weighted by Gasteiger charge is -2.09. The van der Waals surface area contributed by atoms with Crippen molar-refractivity contribution in [2.75, 3.05) is 6.61 Å². The summed E-state index contributed by atoms with van der Waals surface area (Å²) in [6, 6.07) is 12.1. The molecule has 1 atom stereocenters. The maximum atomic E-state index is 12.4. The predicted octanol–water partition coefficient (Wildman–Crippen LogP) is 3.64. The van der Waals surface area contributed by atoms with Crippen molar-refractivity contribution in [2.45, 2.75) is 13.4 Å². The third-order valence-electron chi connectivity index (χ3n) is 3.27. The molecule has 118 valence electrons. The van der Waals surface area contributed by atoms with Crippen LogP contribution in [-0.4, -0.2) is 19.1 Å². The lowest BCUT2D eigenvalue weighted by molar-refractivity contribution is -0.173. The largest absolute Gasteiger partial charge is 0.428 e. The number of benzene rings is 2. The van der Waals surface area contributed by atoms with Crippen LogP contribution in [0.25, 0.3) is 6.08 Å². The van der Waals surface area contributed by atoms with Gasteiger partial charge in [0.1, 0.15) is 11.3 Å². The summed E-state index contributed by atoms with van der Waals surface area (Å²) in [4.78, 5) is 12.4. The molecule has 2 aromatic carbocycles. The highest BCUT2D eigenvalue weighted by Gasteiger charge is 2.30. The van der Waals surface area contributed by atoms with Gasteiger partial charge in [-0.2, -0.15) is 0 Å². The van der Waals surface area contributed by atoms with Gasteiger partial charge < -0.3 is 18.9 Å². The zero-order valence-corrected chi connectivity index (χ0v) is 12.7. The molecule has 1 aliphatic rings. The summed E-state index contributed by atoms with van der Waals surface area (Å²) in [6.45, 7) is 5.11. The first-order valence-electron chi connectivity index (χ1n) is 7.24. The fourth-order valence-corrected chi connectivity index (χ4v) is 2.15. The molecule has 0 bridgehead atoms. The molecule has 3 rings (SSSR count). The Hall–Kier alpha value is -2.79. The van der Waals surface area contributed by atoms with E-state index in [1.165, 1.54) is 0 Å². The number of carbonyl (C=O) groups is 1. The maximum Gasteiger partial charge on any atom is 0.361 e. The molecule has 1 unspecified atom stereocenters. The van der Waals surface area contributed by atoms with Crippen molar-refractivity contribution in [1.29, 1.82) is 0 Å². The predicted molar refractivity (Wildman–Crippen MR) is 84.6 cm³/mol. The minimum atomic E-state index is -0.837. The van der Waals surface area contributed by atoms with Crippen LogP contribution in [-0.2, 0) is 4.74 Å². The lowest BCUT2D eigenvalue weighted by Crippen LogP contribution is -2.22. The second-order valence-corrected chi connectivity index (χ2v) is 4.78. The van der Waals surface area contributed by atoms with Gasteiger partial charge in [-0.05, 0) is 36.8 Å². The van der Waals surface area contributed by atoms with Crippen LogP contribution in [0.15, 0.2) is 49.0 Å². The minimum Gasteiger partial charge on any atom is -0.428 e. The van der Waals surface area contributed by atoms with Crippen LogP contribution in [0.4, 0.5) is 0 Å². The third kappa shape index (κ3) is 3.19. The van der Waals surface area contributed by atoms with Crippen LogP contribution in [0.5, 0.6) is 17.2 Å². The molecule has 2 aromatic rings. The first-order chi connectivity index (χ1) is 11.2. The van der Waals surface area contributed by atoms with Crippen molar-refractivity contribution in [1.82, 2.24) is 0 Å². The van der Waals surface area contributed by atoms with Gasteiger partial charge in [0.2, 0.25) is 0 Å². The molecule has 0 amide bonds. The van der Waals surface area contributed by atoms with Crippen LogP contribution in [0, 0.1) is 0 Å². The van der Waals surface area contributed by atoms with Gasteiger partial charge in [-0.1, -0.05) is 30.9 Å². The standard InChI is InChI=1S/C18H16O5/c1-3-12-8-10-13(11-9-12)21-17(19)14-6-5-7-15-16(14)23-18(22-15)20-4-2/h3,5-11,18H,1,4H2,2H3. The summed E-state index contributed by atoms with van der Waals surface area (Å²) in [6.07, 6.45) is 1.72. The van der Waals surface area contributed by atoms with Gasteiger partial charge in [0.15, 0.2) is 11.5 Å². The summed E-state index contributed by atoms with van der Waals surface area (Å²) < 4.78 is 21.6. The molecule has 0 saturated heterocycles. The first-order valence-corrected chi connectivity index (χ1v) is 7.24. The van der Waals surface area contributed by atoms with Crippen molar-refractivity contribution in [3.05, 3.63) is 60.2 Å². The molecule has 0 aromatic heterocycles. The van der Waals surface area contributed by atoms with E-state index >= 15 is 0 Å². The van der Waals surface area contributed by atoms with E-state index in [0.29, 0.717) is 23.9 Å². The second kappa shape index (κ2) is 6.54. The lowest BCUT2D eigenvalue weighted by atomic mass is 10.2. The quantitative estimate of drug-likeness (QED) is 0.623. The van der Waals surface area contributed by atoms with Gasteiger partial charge in [0.05, 0.1) is 6.61 Å². The number of esters is 1. The Balaban J connectivity index is 1.78. The van der Waals surface area contributed by atoms with Crippen LogP contribution >= 0.6 is 0 Å². The van der Waals surface area contributed by atoms with Crippen molar-refractivity contribution in [3.63, 3.8) is 0 Å². The molecule has 5 nitrogen and oxygen atoms in total. The van der Waals surface area contributed by atoms with Gasteiger partial charge in [0.25, 0.3) is 0 Å². The van der Waals surface area contributed by atoms with Gasteiger partial charge in [0, 0.05) is 0 Å². The van der Waals surface area contributed by atoms with Gasteiger partial charge in [-0.15, -0.1) is 0 Å². The van der Waals surface area contributed by atoms with Crippen LogP contribution in [0.1, 0.15) is 22.8 Å². The molecule has 0 fully saturated rings. The highest BCUT2D eigenvalue weighted by atomic mass is 16.9. The van der Waals surface area contributed by atoms with E-state index < -0.39 is 12.4 Å². The Labute approximate surface area is 134 Å². The van der Waals surface area contributed by atoms with E-state index in [2.05, 4.69) is 6.58 Å². The normalized spacial score (nSPS) is 15.3. The number of para-hydroxylation sites is 1. The monoisotopic (exact) mass is 312 g/mol. The van der Waals surface area contributed by atoms with Gasteiger partial charge >= 0.3 is 12.4 Å². The van der Waals surface area contributed by atoms with Crippen molar-refractivity contribution < 1.29 is 23.7 Å². The Morgan fingerprint density at radius 1 is 1.22 bits per heavy atom. The average molecular weight is 312 g/mol. The molecule has 1 aliphatic heterocycles. The molecule has 23 heavy (non-hydrogen) atoms. The number of rotatable bonds is 5. The first kappa shape index (κ1) is 15.1. The summed E-state index contributed by atoms with van der Waals surface area (Å²) in [5.41, 5.74) is 1.24. The molecule has 0 spiro atoms. The third-order valence-corrected chi connectivity index (χ3v) is 3.27. The molecule has 5 heteroatoms. The van der Waals surface area contributed by atoms with Crippen LogP contribution < -0.4 is 14.2 Å². The summed E-state index contributed by atoms with van der Waals surface area (Å²) >= 11 is 0. The van der Waals surface area contributed by atoms with E-state index in [9.17, 15) is 4.79 Å². The SMILES string of the molecule is C=Cc1ccc(OC(=O)c2cccc3c2OC(OCC)O3)cc1. The van der Waals surface area contributed by atoms with E-state index in [4.69, 9.17) is 18.9 Å². The fourth-order valence-electron chi connectivity index (χ4n) is 2.15. The number of hydrogen-bond donors (Lipinski definition) is 0. The number of carbonyl (C=O) groups excluding carboxylic acids is 1. The van der Waals surface area contributed by atoms with Crippen molar-refractivity contribution in [2.24, 2.45) is 0 Å². The smallest absolute Gasteiger partial charge is 0.361 e. The van der Waals surface area contributed by atoms with Crippen LogP contribution in [0.2, 0.25) is 0 Å². The van der Waals surface area contributed by atoms with Crippen LogP contribution in [0.3, 0.4) is 0 Å². The number of ether oxygens (including phenoxy) is 4. The Kier molecular flexibility index (Phi) is 4.30. The van der Waals surface area contributed by atoms with E-state index in [1.54, 1.807) is 36.4 Å².